The number of aryl methyl sites for hydroxylation is 1. The predicted molar refractivity (Wildman–Crippen MR) is 86.4 cm³/mol. The van der Waals surface area contributed by atoms with Crippen molar-refractivity contribution in [3.63, 3.8) is 0 Å². The highest BCUT2D eigenvalue weighted by Crippen LogP contribution is 2.56. The molecule has 0 saturated heterocycles. The molecule has 1 heterocycles. The third-order valence-electron chi connectivity index (χ3n) is 5.46. The number of phenols is 1. The minimum Gasteiger partial charge on any atom is -0.508 e. The zero-order valence-corrected chi connectivity index (χ0v) is 14.1. The van der Waals surface area contributed by atoms with Gasteiger partial charge in [0.25, 0.3) is 0 Å². The smallest absolute Gasteiger partial charge is 0.127 e. The van der Waals surface area contributed by atoms with Gasteiger partial charge < -0.3 is 9.84 Å². The molecule has 3 rings (SSSR count). The third-order valence-corrected chi connectivity index (χ3v) is 5.46. The Bertz CT molecular complexity index is 577. The molecule has 22 heavy (non-hydrogen) atoms. The van der Waals surface area contributed by atoms with E-state index < -0.39 is 5.67 Å². The minimum atomic E-state index is -1.15. The molecule has 1 aliphatic heterocycles. The molecule has 1 N–H and O–H groups in total. The molecule has 0 bridgehead atoms. The molecule has 1 saturated carbocycles. The first-order chi connectivity index (χ1) is 10.2. The van der Waals surface area contributed by atoms with Crippen molar-refractivity contribution < 1.29 is 14.2 Å². The zero-order valence-electron chi connectivity index (χ0n) is 14.1. The molecule has 0 spiro atoms. The molecule has 3 heteroatoms. The molecule has 1 aromatic carbocycles. The number of halogens is 1. The van der Waals surface area contributed by atoms with Gasteiger partial charge in [0.15, 0.2) is 0 Å². The highest BCUT2D eigenvalue weighted by molar-refractivity contribution is 5.52. The summed E-state index contributed by atoms with van der Waals surface area (Å²) >= 11 is 0. The van der Waals surface area contributed by atoms with Gasteiger partial charge >= 0.3 is 0 Å². The minimum absolute atomic E-state index is 0.0400. The van der Waals surface area contributed by atoms with Gasteiger partial charge in [0.05, 0.1) is 0 Å². The van der Waals surface area contributed by atoms with Crippen LogP contribution in [-0.2, 0) is 6.42 Å². The maximum Gasteiger partial charge on any atom is 0.127 e. The van der Waals surface area contributed by atoms with Crippen molar-refractivity contribution in [2.75, 3.05) is 0 Å². The first kappa shape index (κ1) is 15.6. The summed E-state index contributed by atoms with van der Waals surface area (Å²) in [6, 6.07) is 3.88. The van der Waals surface area contributed by atoms with E-state index in [9.17, 15) is 9.50 Å². The second-order valence-electron chi connectivity index (χ2n) is 7.85. The molecule has 2 nitrogen and oxygen atoms in total. The summed E-state index contributed by atoms with van der Waals surface area (Å²) in [7, 11) is 0. The van der Waals surface area contributed by atoms with Crippen LogP contribution in [0.5, 0.6) is 11.5 Å². The van der Waals surface area contributed by atoms with Crippen LogP contribution in [0.15, 0.2) is 12.1 Å². The Morgan fingerprint density at radius 1 is 1.32 bits per heavy atom. The number of ether oxygens (including phenoxy) is 1. The van der Waals surface area contributed by atoms with Gasteiger partial charge in [-0.2, -0.15) is 0 Å². The van der Waals surface area contributed by atoms with Crippen molar-refractivity contribution in [1.82, 2.24) is 0 Å². The maximum atomic E-state index is 14.6. The van der Waals surface area contributed by atoms with Crippen LogP contribution in [0.4, 0.5) is 4.39 Å². The Morgan fingerprint density at radius 3 is 2.73 bits per heavy atom. The van der Waals surface area contributed by atoms with Crippen molar-refractivity contribution in [2.45, 2.75) is 77.0 Å². The molecule has 3 atom stereocenters. The Labute approximate surface area is 132 Å². The van der Waals surface area contributed by atoms with Crippen LogP contribution in [0, 0.1) is 5.92 Å². The number of phenolic OH excluding ortho intramolecular Hbond substituents is 1. The van der Waals surface area contributed by atoms with Crippen molar-refractivity contribution in [3.05, 3.63) is 23.3 Å². The van der Waals surface area contributed by atoms with E-state index in [0.29, 0.717) is 12.8 Å². The molecule has 2 unspecified atom stereocenters. The first-order valence-corrected chi connectivity index (χ1v) is 8.47. The molecule has 1 aromatic rings. The van der Waals surface area contributed by atoms with Gasteiger partial charge in [0, 0.05) is 17.4 Å². The Hall–Kier alpha value is -1.25. The van der Waals surface area contributed by atoms with Crippen LogP contribution in [0.2, 0.25) is 0 Å². The van der Waals surface area contributed by atoms with Crippen molar-refractivity contribution in [2.24, 2.45) is 5.92 Å². The molecular weight excluding hydrogens is 279 g/mol. The summed E-state index contributed by atoms with van der Waals surface area (Å²) in [5.74, 6) is 1.33. The molecule has 0 aromatic heterocycles. The number of benzene rings is 1. The molecule has 2 aliphatic rings. The normalized spacial score (nSPS) is 32.8. The van der Waals surface area contributed by atoms with Gasteiger partial charge in [0.1, 0.15) is 22.8 Å². The summed E-state index contributed by atoms with van der Waals surface area (Å²) in [4.78, 5) is 0. The summed E-state index contributed by atoms with van der Waals surface area (Å²) < 4.78 is 20.8. The van der Waals surface area contributed by atoms with Gasteiger partial charge in [0.2, 0.25) is 0 Å². The van der Waals surface area contributed by atoms with E-state index in [2.05, 4.69) is 20.8 Å². The van der Waals surface area contributed by atoms with Gasteiger partial charge in [-0.05, 0) is 64.2 Å². The van der Waals surface area contributed by atoms with Crippen molar-refractivity contribution in [1.29, 1.82) is 0 Å². The van der Waals surface area contributed by atoms with Crippen LogP contribution >= 0.6 is 0 Å². The van der Waals surface area contributed by atoms with E-state index in [4.69, 9.17) is 4.74 Å². The van der Waals surface area contributed by atoms with E-state index in [0.717, 1.165) is 36.1 Å². The van der Waals surface area contributed by atoms with Gasteiger partial charge in [-0.15, -0.1) is 0 Å². The fourth-order valence-electron chi connectivity index (χ4n) is 4.41. The number of aromatic hydroxyl groups is 1. The molecule has 0 amide bonds. The van der Waals surface area contributed by atoms with E-state index in [-0.39, 0.29) is 23.2 Å². The second kappa shape index (κ2) is 5.14. The molecule has 122 valence electrons. The topological polar surface area (TPSA) is 29.5 Å². The first-order valence-electron chi connectivity index (χ1n) is 8.47. The van der Waals surface area contributed by atoms with Crippen LogP contribution in [0.1, 0.15) is 70.4 Å². The number of hydrogen-bond acceptors (Lipinski definition) is 2. The number of alkyl halides is 1. The monoisotopic (exact) mass is 306 g/mol. The third kappa shape index (κ3) is 2.59. The zero-order chi connectivity index (χ0) is 16.1. The SMILES string of the molecule is CCCc1cc(O)c2c(c1)OC(C)(C)C1CC[C@](C)(F)CC21. The van der Waals surface area contributed by atoms with Crippen LogP contribution < -0.4 is 4.74 Å². The van der Waals surface area contributed by atoms with E-state index in [1.165, 1.54) is 0 Å². The van der Waals surface area contributed by atoms with Crippen molar-refractivity contribution >= 4 is 0 Å². The number of fused-ring (bicyclic) bond motifs is 3. The van der Waals surface area contributed by atoms with Crippen molar-refractivity contribution in [3.8, 4) is 11.5 Å². The second-order valence-corrected chi connectivity index (χ2v) is 7.85. The lowest BCUT2D eigenvalue weighted by atomic mass is 9.63. The van der Waals surface area contributed by atoms with Crippen LogP contribution in [0.25, 0.3) is 0 Å². The number of rotatable bonds is 2. The quantitative estimate of drug-likeness (QED) is 0.821. The fraction of sp³-hybridized carbons (Fsp3) is 0.684. The van der Waals surface area contributed by atoms with Gasteiger partial charge in [-0.25, -0.2) is 4.39 Å². The number of hydrogen-bond donors (Lipinski definition) is 1. The average molecular weight is 306 g/mol. The highest BCUT2D eigenvalue weighted by Gasteiger charge is 2.50. The lowest BCUT2D eigenvalue weighted by Gasteiger charge is -2.50. The summed E-state index contributed by atoms with van der Waals surface area (Å²) in [5, 5.41) is 10.5. The predicted octanol–water partition coefficient (Wildman–Crippen LogP) is 5.13. The standard InChI is InChI=1S/C19H27FO2/c1-5-6-12-9-15(21)17-13-11-19(4,20)8-7-14(13)18(2,3)22-16(17)10-12/h9-10,13-14,21H,5-8,11H2,1-4H3/t13?,14?,19-/m0/s1. The van der Waals surface area contributed by atoms with E-state index in [1.807, 2.05) is 12.1 Å². The average Bonchev–Trinajstić information content (AvgIpc) is 2.35. The fourth-order valence-corrected chi connectivity index (χ4v) is 4.41. The maximum absolute atomic E-state index is 14.6. The van der Waals surface area contributed by atoms with Gasteiger partial charge in [-0.1, -0.05) is 13.3 Å². The molecule has 0 radical (unpaired) electrons. The summed E-state index contributed by atoms with van der Waals surface area (Å²) in [6.45, 7) is 8.00. The lowest BCUT2D eigenvalue weighted by molar-refractivity contribution is -0.0382. The Morgan fingerprint density at radius 2 is 2.05 bits per heavy atom. The summed E-state index contributed by atoms with van der Waals surface area (Å²) in [6.07, 6.45) is 3.79. The highest BCUT2D eigenvalue weighted by atomic mass is 19.1. The molecular formula is C19H27FO2. The Kier molecular flexibility index (Phi) is 3.65. The Balaban J connectivity index is 2.08. The largest absolute Gasteiger partial charge is 0.508 e. The van der Waals surface area contributed by atoms with Gasteiger partial charge in [-0.3, -0.25) is 0 Å². The van der Waals surface area contributed by atoms with E-state index >= 15 is 0 Å². The van der Waals surface area contributed by atoms with Crippen LogP contribution in [0.3, 0.4) is 0 Å². The lowest BCUT2D eigenvalue weighted by Crippen LogP contribution is -2.49. The van der Waals surface area contributed by atoms with Crippen LogP contribution in [-0.4, -0.2) is 16.4 Å². The molecule has 1 fully saturated rings. The summed E-state index contributed by atoms with van der Waals surface area (Å²) in [5.41, 5.74) is 0.450. The van der Waals surface area contributed by atoms with E-state index in [1.54, 1.807) is 6.92 Å². The molecule has 1 aliphatic carbocycles.